The smallest absolute Gasteiger partial charge is 0.241 e. The van der Waals surface area contributed by atoms with Crippen molar-refractivity contribution < 1.29 is 27.4 Å². The highest BCUT2D eigenvalue weighted by molar-refractivity contribution is 7.89. The van der Waals surface area contributed by atoms with Crippen LogP contribution in [0.3, 0.4) is 0 Å². The minimum atomic E-state index is -3.94. The number of carbonyl (C=O) groups excluding carboxylic acids is 1. The summed E-state index contributed by atoms with van der Waals surface area (Å²) in [6, 6.07) is 7.32. The Morgan fingerprint density at radius 1 is 1.13 bits per heavy atom. The Kier molecular flexibility index (Phi) is 7.85. The standard InChI is InChI=1S/C21H24FN3O5S/c22-16-1-4-18(5-2-16)31(28,29)25-19-6-3-17(30-20(19)14-26)13-21(27)24-12-9-15-7-10-23-11-8-15/h1-8,10-11,17,19-20,25-26H,9,12-14H2,(H,24,27)/t17-,19+,20+/m1/s1. The average molecular weight is 450 g/mol. The van der Waals surface area contributed by atoms with Gasteiger partial charge in [0.25, 0.3) is 0 Å². The van der Waals surface area contributed by atoms with Crippen molar-refractivity contribution >= 4 is 15.9 Å². The van der Waals surface area contributed by atoms with Crippen LogP contribution in [0.1, 0.15) is 12.0 Å². The van der Waals surface area contributed by atoms with Crippen molar-refractivity contribution in [3.8, 4) is 0 Å². The lowest BCUT2D eigenvalue weighted by molar-refractivity contribution is -0.125. The number of aliphatic hydroxyl groups excluding tert-OH is 1. The predicted octanol–water partition coefficient (Wildman–Crippen LogP) is 0.932. The molecule has 0 saturated carbocycles. The maximum Gasteiger partial charge on any atom is 0.241 e. The number of halogens is 1. The Morgan fingerprint density at radius 2 is 1.84 bits per heavy atom. The zero-order valence-corrected chi connectivity index (χ0v) is 17.5. The lowest BCUT2D eigenvalue weighted by Gasteiger charge is -2.31. The van der Waals surface area contributed by atoms with E-state index in [9.17, 15) is 22.7 Å². The first kappa shape index (κ1) is 23.0. The molecule has 0 saturated heterocycles. The van der Waals surface area contributed by atoms with Crippen LogP contribution in [0.25, 0.3) is 0 Å². The van der Waals surface area contributed by atoms with Gasteiger partial charge in [0.2, 0.25) is 15.9 Å². The summed E-state index contributed by atoms with van der Waals surface area (Å²) in [5.74, 6) is -0.763. The maximum atomic E-state index is 13.0. The van der Waals surface area contributed by atoms with Crippen LogP contribution in [-0.2, 0) is 26.0 Å². The molecule has 8 nitrogen and oxygen atoms in total. The van der Waals surface area contributed by atoms with Crippen molar-refractivity contribution in [1.82, 2.24) is 15.0 Å². The van der Waals surface area contributed by atoms with E-state index in [-0.39, 0.29) is 17.2 Å². The van der Waals surface area contributed by atoms with Gasteiger partial charge >= 0.3 is 0 Å². The van der Waals surface area contributed by atoms with Gasteiger partial charge in [-0.05, 0) is 48.4 Å². The number of carbonyl (C=O) groups is 1. The van der Waals surface area contributed by atoms with E-state index in [2.05, 4.69) is 15.0 Å². The van der Waals surface area contributed by atoms with Crippen molar-refractivity contribution in [3.05, 3.63) is 72.3 Å². The summed E-state index contributed by atoms with van der Waals surface area (Å²) in [5.41, 5.74) is 1.06. The molecule has 2 heterocycles. The highest BCUT2D eigenvalue weighted by atomic mass is 32.2. The molecule has 10 heteroatoms. The van der Waals surface area contributed by atoms with Crippen molar-refractivity contribution in [3.63, 3.8) is 0 Å². The fraction of sp³-hybridized carbons (Fsp3) is 0.333. The number of rotatable bonds is 9. The SMILES string of the molecule is O=C(C[C@H]1C=C[C@H](NS(=O)(=O)c2ccc(F)cc2)[C@H](CO)O1)NCCc1ccncc1. The molecule has 0 spiro atoms. The number of aliphatic hydroxyl groups is 1. The monoisotopic (exact) mass is 449 g/mol. The van der Waals surface area contributed by atoms with E-state index in [1.165, 1.54) is 0 Å². The molecular formula is C21H24FN3O5S. The number of sulfonamides is 1. The average Bonchev–Trinajstić information content (AvgIpc) is 2.75. The second-order valence-electron chi connectivity index (χ2n) is 7.04. The van der Waals surface area contributed by atoms with E-state index in [1.807, 2.05) is 12.1 Å². The van der Waals surface area contributed by atoms with Gasteiger partial charge in [0.15, 0.2) is 0 Å². The van der Waals surface area contributed by atoms with Gasteiger partial charge in [-0.2, -0.15) is 0 Å². The molecule has 0 aliphatic carbocycles. The van der Waals surface area contributed by atoms with Crippen LogP contribution in [-0.4, -0.2) is 55.8 Å². The third kappa shape index (κ3) is 6.66. The number of ether oxygens (including phenoxy) is 1. The second kappa shape index (κ2) is 10.6. The molecule has 3 atom stereocenters. The number of amides is 1. The number of hydrogen-bond acceptors (Lipinski definition) is 6. The van der Waals surface area contributed by atoms with Crippen LogP contribution in [0.5, 0.6) is 0 Å². The summed E-state index contributed by atoms with van der Waals surface area (Å²) in [5, 5.41) is 12.4. The first-order chi connectivity index (χ1) is 14.9. The molecule has 2 aromatic rings. The molecule has 31 heavy (non-hydrogen) atoms. The van der Waals surface area contributed by atoms with Gasteiger partial charge in [0.1, 0.15) is 11.9 Å². The van der Waals surface area contributed by atoms with Crippen molar-refractivity contribution in [2.75, 3.05) is 13.2 Å². The van der Waals surface area contributed by atoms with Crippen LogP contribution in [0.4, 0.5) is 4.39 Å². The zero-order valence-electron chi connectivity index (χ0n) is 16.6. The molecule has 3 N–H and O–H groups in total. The quantitative estimate of drug-likeness (QED) is 0.491. The summed E-state index contributed by atoms with van der Waals surface area (Å²) >= 11 is 0. The Hall–Kier alpha value is -2.66. The molecule has 166 valence electrons. The van der Waals surface area contributed by atoms with Crippen LogP contribution in [0.2, 0.25) is 0 Å². The van der Waals surface area contributed by atoms with Crippen molar-refractivity contribution in [1.29, 1.82) is 0 Å². The zero-order chi connectivity index (χ0) is 22.3. The van der Waals surface area contributed by atoms with Gasteiger partial charge < -0.3 is 15.2 Å². The van der Waals surface area contributed by atoms with E-state index in [0.29, 0.717) is 13.0 Å². The third-order valence-corrected chi connectivity index (χ3v) is 6.23. The van der Waals surface area contributed by atoms with Gasteiger partial charge in [-0.25, -0.2) is 17.5 Å². The lowest BCUT2D eigenvalue weighted by Crippen LogP contribution is -2.49. The fourth-order valence-electron chi connectivity index (χ4n) is 3.12. The Morgan fingerprint density at radius 3 is 2.52 bits per heavy atom. The number of pyridine rings is 1. The molecule has 0 fully saturated rings. The minimum Gasteiger partial charge on any atom is -0.394 e. The summed E-state index contributed by atoms with van der Waals surface area (Å²) in [6.07, 6.45) is 5.77. The largest absolute Gasteiger partial charge is 0.394 e. The minimum absolute atomic E-state index is 0.0424. The maximum absolute atomic E-state index is 13.0. The van der Waals surface area contributed by atoms with E-state index >= 15 is 0 Å². The Labute approximate surface area is 180 Å². The van der Waals surface area contributed by atoms with E-state index in [1.54, 1.807) is 24.5 Å². The molecule has 0 radical (unpaired) electrons. The summed E-state index contributed by atoms with van der Waals surface area (Å²) < 4.78 is 46.2. The highest BCUT2D eigenvalue weighted by Crippen LogP contribution is 2.18. The van der Waals surface area contributed by atoms with E-state index in [0.717, 1.165) is 29.8 Å². The first-order valence-corrected chi connectivity index (χ1v) is 11.2. The van der Waals surface area contributed by atoms with Gasteiger partial charge in [-0.3, -0.25) is 9.78 Å². The van der Waals surface area contributed by atoms with E-state index in [4.69, 9.17) is 4.74 Å². The third-order valence-electron chi connectivity index (χ3n) is 4.75. The van der Waals surface area contributed by atoms with Crippen LogP contribution in [0.15, 0.2) is 65.8 Å². The number of nitrogens with zero attached hydrogens (tertiary/aromatic N) is 1. The van der Waals surface area contributed by atoms with Gasteiger partial charge in [0.05, 0.1) is 30.1 Å². The first-order valence-electron chi connectivity index (χ1n) is 9.75. The number of benzene rings is 1. The molecule has 1 aliphatic rings. The normalized spacial score (nSPS) is 21.0. The molecule has 3 rings (SSSR count). The second-order valence-corrected chi connectivity index (χ2v) is 8.75. The number of aromatic nitrogens is 1. The lowest BCUT2D eigenvalue weighted by atomic mass is 10.1. The Balaban J connectivity index is 1.53. The molecule has 1 aromatic carbocycles. The summed E-state index contributed by atoms with van der Waals surface area (Å²) in [7, 11) is -3.94. The highest BCUT2D eigenvalue weighted by Gasteiger charge is 2.31. The van der Waals surface area contributed by atoms with Crippen molar-refractivity contribution in [2.24, 2.45) is 0 Å². The summed E-state index contributed by atoms with van der Waals surface area (Å²) in [4.78, 5) is 16.0. The molecular weight excluding hydrogens is 425 g/mol. The van der Waals surface area contributed by atoms with Crippen LogP contribution in [0, 0.1) is 5.82 Å². The van der Waals surface area contributed by atoms with Gasteiger partial charge in [0, 0.05) is 18.9 Å². The molecule has 0 unspecified atom stereocenters. The Bertz CT molecular complexity index is 999. The van der Waals surface area contributed by atoms with Crippen LogP contribution >= 0.6 is 0 Å². The number of nitrogens with one attached hydrogen (secondary N) is 2. The molecule has 1 aliphatic heterocycles. The van der Waals surface area contributed by atoms with E-state index < -0.39 is 40.7 Å². The van der Waals surface area contributed by atoms with Gasteiger partial charge in [-0.1, -0.05) is 12.2 Å². The van der Waals surface area contributed by atoms with Crippen molar-refractivity contribution in [2.45, 2.75) is 36.0 Å². The van der Waals surface area contributed by atoms with Gasteiger partial charge in [-0.15, -0.1) is 0 Å². The fourth-order valence-corrected chi connectivity index (χ4v) is 4.34. The topological polar surface area (TPSA) is 118 Å². The van der Waals surface area contributed by atoms with Crippen LogP contribution < -0.4 is 10.0 Å². The molecule has 0 bridgehead atoms. The predicted molar refractivity (Wildman–Crippen MR) is 111 cm³/mol. The molecule has 1 aromatic heterocycles. The molecule has 1 amide bonds. The number of hydrogen-bond donors (Lipinski definition) is 3. The summed E-state index contributed by atoms with van der Waals surface area (Å²) in [6.45, 7) is 0.0178.